The van der Waals surface area contributed by atoms with Gasteiger partial charge in [0.25, 0.3) is 11.8 Å². The van der Waals surface area contributed by atoms with Gasteiger partial charge >= 0.3 is 0 Å². The van der Waals surface area contributed by atoms with Crippen LogP contribution in [0.15, 0.2) is 78.9 Å². The molecule has 0 atom stereocenters. The van der Waals surface area contributed by atoms with Crippen LogP contribution in [0.1, 0.15) is 20.7 Å². The summed E-state index contributed by atoms with van der Waals surface area (Å²) < 4.78 is 5.09. The molecule has 0 aliphatic heterocycles. The van der Waals surface area contributed by atoms with Crippen molar-refractivity contribution in [3.05, 3.63) is 90.0 Å². The van der Waals surface area contributed by atoms with E-state index in [1.165, 1.54) is 0 Å². The maximum absolute atomic E-state index is 12.3. The molecule has 3 aromatic carbocycles. The van der Waals surface area contributed by atoms with Crippen LogP contribution >= 0.6 is 0 Å². The topological polar surface area (TPSA) is 67.4 Å². The van der Waals surface area contributed by atoms with Crippen LogP contribution in [0.5, 0.6) is 5.75 Å². The first kappa shape index (κ1) is 17.2. The van der Waals surface area contributed by atoms with Crippen LogP contribution in [0.3, 0.4) is 0 Å². The van der Waals surface area contributed by atoms with E-state index in [-0.39, 0.29) is 11.8 Å². The summed E-state index contributed by atoms with van der Waals surface area (Å²) in [6.45, 7) is 0. The van der Waals surface area contributed by atoms with E-state index in [4.69, 9.17) is 4.74 Å². The Kier molecular flexibility index (Phi) is 5.29. The molecule has 0 aliphatic carbocycles. The van der Waals surface area contributed by atoms with Crippen molar-refractivity contribution in [2.45, 2.75) is 0 Å². The normalized spacial score (nSPS) is 10.0. The maximum atomic E-state index is 12.3. The summed E-state index contributed by atoms with van der Waals surface area (Å²) in [5.74, 6) is 0.304. The van der Waals surface area contributed by atoms with Crippen molar-refractivity contribution >= 4 is 23.2 Å². The van der Waals surface area contributed by atoms with Gasteiger partial charge in [-0.2, -0.15) is 0 Å². The average Bonchev–Trinajstić information content (AvgIpc) is 2.69. The van der Waals surface area contributed by atoms with Crippen LogP contribution in [0.2, 0.25) is 0 Å². The Bertz CT molecular complexity index is 889. The highest BCUT2D eigenvalue weighted by Gasteiger charge is 2.08. The summed E-state index contributed by atoms with van der Waals surface area (Å²) >= 11 is 0. The molecule has 5 nitrogen and oxygen atoms in total. The molecule has 0 spiro atoms. The zero-order valence-electron chi connectivity index (χ0n) is 14.2. The van der Waals surface area contributed by atoms with E-state index < -0.39 is 0 Å². The lowest BCUT2D eigenvalue weighted by Crippen LogP contribution is -2.13. The quantitative estimate of drug-likeness (QED) is 0.727. The number of benzene rings is 3. The van der Waals surface area contributed by atoms with Crippen LogP contribution < -0.4 is 15.4 Å². The van der Waals surface area contributed by atoms with Gasteiger partial charge in [-0.25, -0.2) is 0 Å². The Morgan fingerprint density at radius 1 is 0.654 bits per heavy atom. The number of nitrogens with one attached hydrogen (secondary N) is 2. The fraction of sp³-hybridized carbons (Fsp3) is 0.0476. The molecule has 26 heavy (non-hydrogen) atoms. The summed E-state index contributed by atoms with van der Waals surface area (Å²) in [4.78, 5) is 24.4. The van der Waals surface area contributed by atoms with Gasteiger partial charge in [0.2, 0.25) is 0 Å². The van der Waals surface area contributed by atoms with Gasteiger partial charge in [-0.3, -0.25) is 9.59 Å². The van der Waals surface area contributed by atoms with E-state index in [0.29, 0.717) is 22.5 Å². The number of rotatable bonds is 5. The van der Waals surface area contributed by atoms with Gasteiger partial charge in [-0.1, -0.05) is 18.2 Å². The molecule has 0 bridgehead atoms. The molecule has 3 rings (SSSR count). The standard InChI is InChI=1S/C21H18N2O3/c1-26-19-13-11-18(12-14-19)23-21(25)16-7-9-17(10-8-16)22-20(24)15-5-3-2-4-6-15/h2-14H,1H3,(H,22,24)(H,23,25). The van der Waals surface area contributed by atoms with Gasteiger partial charge in [0.15, 0.2) is 0 Å². The summed E-state index contributed by atoms with van der Waals surface area (Å²) in [5, 5.41) is 5.62. The molecule has 0 unspecified atom stereocenters. The largest absolute Gasteiger partial charge is 0.497 e. The molecule has 0 saturated carbocycles. The third kappa shape index (κ3) is 4.27. The lowest BCUT2D eigenvalue weighted by Gasteiger charge is -2.08. The third-order valence-electron chi connectivity index (χ3n) is 3.79. The molecule has 0 radical (unpaired) electrons. The summed E-state index contributed by atoms with van der Waals surface area (Å²) in [5.41, 5.74) is 2.38. The Labute approximate surface area is 151 Å². The maximum Gasteiger partial charge on any atom is 0.255 e. The molecule has 0 heterocycles. The van der Waals surface area contributed by atoms with Gasteiger partial charge in [-0.05, 0) is 60.7 Å². The molecule has 2 N–H and O–H groups in total. The molecule has 5 heteroatoms. The van der Waals surface area contributed by atoms with Crippen molar-refractivity contribution in [1.29, 1.82) is 0 Å². The Morgan fingerprint density at radius 2 is 1.12 bits per heavy atom. The minimum Gasteiger partial charge on any atom is -0.497 e. The summed E-state index contributed by atoms with van der Waals surface area (Å²) in [6.07, 6.45) is 0. The van der Waals surface area contributed by atoms with E-state index in [9.17, 15) is 9.59 Å². The number of anilines is 2. The number of carbonyl (C=O) groups excluding carboxylic acids is 2. The minimum absolute atomic E-state index is 0.193. The smallest absolute Gasteiger partial charge is 0.255 e. The molecular formula is C21H18N2O3. The number of methoxy groups -OCH3 is 1. The second-order valence-corrected chi connectivity index (χ2v) is 5.58. The number of ether oxygens (including phenoxy) is 1. The van der Waals surface area contributed by atoms with Crippen LogP contribution in [0, 0.1) is 0 Å². The van der Waals surface area contributed by atoms with Gasteiger partial charge in [0.05, 0.1) is 7.11 Å². The monoisotopic (exact) mass is 346 g/mol. The van der Waals surface area contributed by atoms with Crippen molar-refractivity contribution in [1.82, 2.24) is 0 Å². The first-order chi connectivity index (χ1) is 12.7. The predicted molar refractivity (Wildman–Crippen MR) is 102 cm³/mol. The van der Waals surface area contributed by atoms with E-state index in [2.05, 4.69) is 10.6 Å². The van der Waals surface area contributed by atoms with Crippen LogP contribution in [0.25, 0.3) is 0 Å². The lowest BCUT2D eigenvalue weighted by molar-refractivity contribution is 0.102. The number of carbonyl (C=O) groups is 2. The third-order valence-corrected chi connectivity index (χ3v) is 3.79. The van der Waals surface area contributed by atoms with E-state index in [0.717, 1.165) is 5.75 Å². The SMILES string of the molecule is COc1ccc(NC(=O)c2ccc(NC(=O)c3ccccc3)cc2)cc1. The van der Waals surface area contributed by atoms with Gasteiger partial charge in [0.1, 0.15) is 5.75 Å². The first-order valence-electron chi connectivity index (χ1n) is 8.07. The van der Waals surface area contributed by atoms with Gasteiger partial charge in [0, 0.05) is 22.5 Å². The van der Waals surface area contributed by atoms with E-state index >= 15 is 0 Å². The predicted octanol–water partition coefficient (Wildman–Crippen LogP) is 4.20. The van der Waals surface area contributed by atoms with Crippen molar-refractivity contribution in [2.24, 2.45) is 0 Å². The molecular weight excluding hydrogens is 328 g/mol. The van der Waals surface area contributed by atoms with Crippen LogP contribution in [0.4, 0.5) is 11.4 Å². The minimum atomic E-state index is -0.226. The van der Waals surface area contributed by atoms with Crippen molar-refractivity contribution in [2.75, 3.05) is 17.7 Å². The summed E-state index contributed by atoms with van der Waals surface area (Å²) in [7, 11) is 1.59. The molecule has 2 amide bonds. The van der Waals surface area contributed by atoms with E-state index in [1.54, 1.807) is 67.8 Å². The average molecular weight is 346 g/mol. The zero-order valence-corrected chi connectivity index (χ0v) is 14.2. The Balaban J connectivity index is 1.63. The highest BCUT2D eigenvalue weighted by Crippen LogP contribution is 2.17. The van der Waals surface area contributed by atoms with Crippen molar-refractivity contribution < 1.29 is 14.3 Å². The zero-order chi connectivity index (χ0) is 18.4. The van der Waals surface area contributed by atoms with Gasteiger partial charge < -0.3 is 15.4 Å². The van der Waals surface area contributed by atoms with Gasteiger partial charge in [-0.15, -0.1) is 0 Å². The Morgan fingerprint density at radius 3 is 1.62 bits per heavy atom. The molecule has 130 valence electrons. The number of hydrogen-bond acceptors (Lipinski definition) is 3. The highest BCUT2D eigenvalue weighted by molar-refractivity contribution is 6.06. The van der Waals surface area contributed by atoms with Crippen molar-refractivity contribution in [3.63, 3.8) is 0 Å². The number of hydrogen-bond donors (Lipinski definition) is 2. The molecule has 0 aromatic heterocycles. The molecule has 0 fully saturated rings. The highest BCUT2D eigenvalue weighted by atomic mass is 16.5. The van der Waals surface area contributed by atoms with Crippen LogP contribution in [-0.4, -0.2) is 18.9 Å². The second-order valence-electron chi connectivity index (χ2n) is 5.58. The van der Waals surface area contributed by atoms with Crippen molar-refractivity contribution in [3.8, 4) is 5.75 Å². The van der Waals surface area contributed by atoms with Crippen LogP contribution in [-0.2, 0) is 0 Å². The first-order valence-corrected chi connectivity index (χ1v) is 8.07. The number of amides is 2. The lowest BCUT2D eigenvalue weighted by atomic mass is 10.1. The molecule has 0 aliphatic rings. The summed E-state index contributed by atoms with van der Waals surface area (Å²) in [6, 6.07) is 22.8. The fourth-order valence-corrected chi connectivity index (χ4v) is 2.38. The molecule has 0 saturated heterocycles. The Hall–Kier alpha value is -3.60. The molecule has 3 aromatic rings. The van der Waals surface area contributed by atoms with E-state index in [1.807, 2.05) is 18.2 Å². The second kappa shape index (κ2) is 7.98. The fourth-order valence-electron chi connectivity index (χ4n) is 2.38.